The number of hydrogen-bond acceptors (Lipinski definition) is 5. The Bertz CT molecular complexity index is 632. The van der Waals surface area contributed by atoms with Crippen molar-refractivity contribution >= 4 is 23.8 Å². The zero-order valence-corrected chi connectivity index (χ0v) is 16.7. The van der Waals surface area contributed by atoms with Gasteiger partial charge in [-0.25, -0.2) is 4.79 Å². The maximum absolute atomic E-state index is 12.9. The van der Waals surface area contributed by atoms with Crippen molar-refractivity contribution < 1.29 is 23.9 Å². The summed E-state index contributed by atoms with van der Waals surface area (Å²) in [5.74, 6) is -0.293. The lowest BCUT2D eigenvalue weighted by molar-refractivity contribution is -0.148. The molecule has 3 aliphatic rings. The van der Waals surface area contributed by atoms with Gasteiger partial charge in [-0.05, 0) is 32.6 Å². The first-order valence-electron chi connectivity index (χ1n) is 10.1. The van der Waals surface area contributed by atoms with Crippen LogP contribution >= 0.6 is 0 Å². The fourth-order valence-electron chi connectivity index (χ4n) is 3.93. The largest absolute Gasteiger partial charge is 0.450 e. The summed E-state index contributed by atoms with van der Waals surface area (Å²) < 4.78 is 5.01. The number of piperidine rings is 1. The molecule has 0 spiro atoms. The van der Waals surface area contributed by atoms with E-state index in [2.05, 4.69) is 5.32 Å². The number of likely N-dealkylation sites (tertiary alicyclic amines) is 1. The van der Waals surface area contributed by atoms with Gasteiger partial charge in [0.15, 0.2) is 0 Å². The van der Waals surface area contributed by atoms with Crippen molar-refractivity contribution in [3.05, 3.63) is 0 Å². The fourth-order valence-corrected chi connectivity index (χ4v) is 3.93. The SMILES string of the molecule is CCOC(=O)N1CCC(NC(=O)C2(C(=O)N3CCN(C(C)=O)CC3)CC2)CC1. The lowest BCUT2D eigenvalue weighted by Crippen LogP contribution is -2.55. The molecule has 0 aromatic rings. The Labute approximate surface area is 165 Å². The molecule has 4 amide bonds. The molecule has 1 aliphatic carbocycles. The van der Waals surface area contributed by atoms with E-state index in [4.69, 9.17) is 4.74 Å². The predicted molar refractivity (Wildman–Crippen MR) is 100 cm³/mol. The quantitative estimate of drug-likeness (QED) is 0.687. The zero-order valence-electron chi connectivity index (χ0n) is 16.7. The van der Waals surface area contributed by atoms with Crippen molar-refractivity contribution in [3.8, 4) is 0 Å². The van der Waals surface area contributed by atoms with E-state index in [-0.39, 0.29) is 29.9 Å². The third-order valence-corrected chi connectivity index (χ3v) is 5.96. The van der Waals surface area contributed by atoms with Crippen LogP contribution in [0.3, 0.4) is 0 Å². The van der Waals surface area contributed by atoms with Gasteiger partial charge >= 0.3 is 6.09 Å². The summed E-state index contributed by atoms with van der Waals surface area (Å²) in [6, 6.07) is -0.0296. The van der Waals surface area contributed by atoms with Crippen molar-refractivity contribution in [2.24, 2.45) is 5.41 Å². The van der Waals surface area contributed by atoms with Crippen LogP contribution in [0, 0.1) is 5.41 Å². The highest BCUT2D eigenvalue weighted by molar-refractivity contribution is 6.08. The molecule has 9 nitrogen and oxygen atoms in total. The number of carbonyl (C=O) groups is 4. The van der Waals surface area contributed by atoms with Crippen molar-refractivity contribution in [1.29, 1.82) is 0 Å². The number of piperazine rings is 1. The Morgan fingerprint density at radius 1 is 0.929 bits per heavy atom. The summed E-state index contributed by atoms with van der Waals surface area (Å²) in [6.07, 6.45) is 2.15. The number of rotatable bonds is 4. The molecule has 1 N–H and O–H groups in total. The summed E-state index contributed by atoms with van der Waals surface area (Å²) >= 11 is 0. The summed E-state index contributed by atoms with van der Waals surface area (Å²) in [5.41, 5.74) is -0.934. The third-order valence-electron chi connectivity index (χ3n) is 5.96. The van der Waals surface area contributed by atoms with Crippen molar-refractivity contribution in [2.45, 2.75) is 45.6 Å². The minimum atomic E-state index is -0.934. The molecule has 3 fully saturated rings. The monoisotopic (exact) mass is 394 g/mol. The lowest BCUT2D eigenvalue weighted by atomic mass is 10.00. The van der Waals surface area contributed by atoms with E-state index in [0.29, 0.717) is 71.6 Å². The number of ether oxygens (including phenoxy) is 1. The molecule has 2 heterocycles. The van der Waals surface area contributed by atoms with Gasteiger partial charge in [0.1, 0.15) is 5.41 Å². The third kappa shape index (κ3) is 4.23. The van der Waals surface area contributed by atoms with Gasteiger partial charge < -0.3 is 24.8 Å². The van der Waals surface area contributed by atoms with E-state index >= 15 is 0 Å². The van der Waals surface area contributed by atoms with Crippen LogP contribution in [0.2, 0.25) is 0 Å². The van der Waals surface area contributed by atoms with Gasteiger partial charge in [-0.1, -0.05) is 0 Å². The second-order valence-corrected chi connectivity index (χ2v) is 7.81. The Morgan fingerprint density at radius 3 is 2.00 bits per heavy atom. The van der Waals surface area contributed by atoms with Gasteiger partial charge in [0.05, 0.1) is 6.61 Å². The predicted octanol–water partition coefficient (Wildman–Crippen LogP) is 0.194. The normalized spacial score (nSPS) is 21.9. The summed E-state index contributed by atoms with van der Waals surface area (Å²) in [6.45, 7) is 6.72. The lowest BCUT2D eigenvalue weighted by Gasteiger charge is -2.36. The van der Waals surface area contributed by atoms with Crippen molar-refractivity contribution in [3.63, 3.8) is 0 Å². The minimum absolute atomic E-state index is 0.0140. The van der Waals surface area contributed by atoms with Crippen molar-refractivity contribution in [1.82, 2.24) is 20.0 Å². The van der Waals surface area contributed by atoms with Crippen LogP contribution in [0.5, 0.6) is 0 Å². The second kappa shape index (κ2) is 8.36. The fraction of sp³-hybridized carbons (Fsp3) is 0.789. The summed E-state index contributed by atoms with van der Waals surface area (Å²) in [7, 11) is 0. The molecule has 2 saturated heterocycles. The van der Waals surface area contributed by atoms with E-state index in [1.807, 2.05) is 0 Å². The van der Waals surface area contributed by atoms with Crippen LogP contribution in [0.15, 0.2) is 0 Å². The molecule has 0 aromatic carbocycles. The van der Waals surface area contributed by atoms with E-state index in [0.717, 1.165) is 0 Å². The molecule has 28 heavy (non-hydrogen) atoms. The number of amides is 4. The van der Waals surface area contributed by atoms with Gasteiger partial charge in [-0.2, -0.15) is 0 Å². The first kappa shape index (κ1) is 20.4. The standard InChI is InChI=1S/C19H30N4O5/c1-3-28-18(27)23-8-4-15(5-9-23)20-16(25)19(6-7-19)17(26)22-12-10-21(11-13-22)14(2)24/h15H,3-13H2,1-2H3,(H,20,25). The van der Waals surface area contributed by atoms with E-state index < -0.39 is 5.41 Å². The molecule has 1 saturated carbocycles. The maximum Gasteiger partial charge on any atom is 0.409 e. The Morgan fingerprint density at radius 2 is 1.50 bits per heavy atom. The summed E-state index contributed by atoms with van der Waals surface area (Å²) in [5, 5.41) is 3.03. The zero-order chi connectivity index (χ0) is 20.3. The first-order valence-corrected chi connectivity index (χ1v) is 10.1. The number of nitrogens with zero attached hydrogens (tertiary/aromatic N) is 3. The first-order chi connectivity index (χ1) is 13.4. The molecule has 0 atom stereocenters. The highest BCUT2D eigenvalue weighted by atomic mass is 16.6. The second-order valence-electron chi connectivity index (χ2n) is 7.81. The Hall–Kier alpha value is -2.32. The smallest absolute Gasteiger partial charge is 0.409 e. The average molecular weight is 394 g/mol. The van der Waals surface area contributed by atoms with Gasteiger partial charge in [0.25, 0.3) is 0 Å². The summed E-state index contributed by atoms with van der Waals surface area (Å²) in [4.78, 5) is 54.1. The molecule has 156 valence electrons. The van der Waals surface area contributed by atoms with Crippen LogP contribution in [-0.2, 0) is 19.1 Å². The van der Waals surface area contributed by atoms with E-state index in [1.54, 1.807) is 21.6 Å². The highest BCUT2D eigenvalue weighted by Crippen LogP contribution is 2.47. The molecule has 0 bridgehead atoms. The van der Waals surface area contributed by atoms with E-state index in [9.17, 15) is 19.2 Å². The molecule has 0 aromatic heterocycles. The molecule has 2 aliphatic heterocycles. The Kier molecular flexibility index (Phi) is 6.10. The molecule has 0 unspecified atom stereocenters. The molecule has 3 rings (SSSR count). The van der Waals surface area contributed by atoms with Gasteiger partial charge in [-0.15, -0.1) is 0 Å². The minimum Gasteiger partial charge on any atom is -0.450 e. The molecule has 0 radical (unpaired) electrons. The van der Waals surface area contributed by atoms with E-state index in [1.165, 1.54) is 6.92 Å². The van der Waals surface area contributed by atoms with Crippen molar-refractivity contribution in [2.75, 3.05) is 45.9 Å². The van der Waals surface area contributed by atoms with Crippen LogP contribution in [0.1, 0.15) is 39.5 Å². The average Bonchev–Trinajstić information content (AvgIpc) is 3.50. The van der Waals surface area contributed by atoms with Crippen LogP contribution in [-0.4, -0.2) is 90.4 Å². The number of nitrogens with one attached hydrogen (secondary N) is 1. The maximum atomic E-state index is 12.9. The number of carbonyl (C=O) groups excluding carboxylic acids is 4. The van der Waals surface area contributed by atoms with Crippen LogP contribution in [0.4, 0.5) is 4.79 Å². The van der Waals surface area contributed by atoms with Crippen LogP contribution < -0.4 is 5.32 Å². The Balaban J connectivity index is 1.49. The van der Waals surface area contributed by atoms with Gasteiger partial charge in [0.2, 0.25) is 17.7 Å². The van der Waals surface area contributed by atoms with Gasteiger partial charge in [0, 0.05) is 52.2 Å². The number of hydrogen-bond donors (Lipinski definition) is 1. The van der Waals surface area contributed by atoms with Crippen LogP contribution in [0.25, 0.3) is 0 Å². The topological polar surface area (TPSA) is 99.3 Å². The molecular formula is C19H30N4O5. The van der Waals surface area contributed by atoms with Gasteiger partial charge in [-0.3, -0.25) is 14.4 Å². The molecule has 9 heteroatoms. The molecular weight excluding hydrogens is 364 g/mol. The highest BCUT2D eigenvalue weighted by Gasteiger charge is 2.58.